The van der Waals surface area contributed by atoms with Gasteiger partial charge in [-0.05, 0) is 54.4 Å². The molecule has 0 radical (unpaired) electrons. The summed E-state index contributed by atoms with van der Waals surface area (Å²) in [6.07, 6.45) is 1.22. The highest BCUT2D eigenvalue weighted by molar-refractivity contribution is 5.90. The lowest BCUT2D eigenvalue weighted by Gasteiger charge is -2.37. The van der Waals surface area contributed by atoms with E-state index in [0.29, 0.717) is 56.9 Å². The van der Waals surface area contributed by atoms with Gasteiger partial charge in [0.1, 0.15) is 11.4 Å². The topological polar surface area (TPSA) is 76.2 Å². The van der Waals surface area contributed by atoms with Gasteiger partial charge in [-0.15, -0.1) is 0 Å². The molecular weight excluding hydrogens is 513 g/mol. The number of carbonyl (C=O) groups excluding carboxylic acids is 3. The van der Waals surface area contributed by atoms with Crippen molar-refractivity contribution in [3.8, 4) is 16.9 Å². The van der Waals surface area contributed by atoms with Crippen molar-refractivity contribution in [3.05, 3.63) is 83.7 Å². The van der Waals surface area contributed by atoms with E-state index in [4.69, 9.17) is 19.1 Å². The van der Waals surface area contributed by atoms with E-state index in [1.165, 1.54) is 6.07 Å². The number of nitrogens with zero attached hydrogens (tertiary/aromatic N) is 2. The van der Waals surface area contributed by atoms with Crippen LogP contribution in [0.3, 0.4) is 0 Å². The molecule has 39 heavy (non-hydrogen) atoms. The van der Waals surface area contributed by atoms with Gasteiger partial charge in [0.15, 0.2) is 17.5 Å². The number of para-hydroxylation sites is 1. The van der Waals surface area contributed by atoms with Gasteiger partial charge in [-0.1, -0.05) is 24.3 Å². The molecule has 3 aromatic rings. The SMILES string of the molecule is CCOc1ccc(-c2ccc(F)c(F)c2F)c(CN2CCC3(CC2)CN(c2ccccc2)C(=O)O3)c1.O=C=O. The van der Waals surface area contributed by atoms with Gasteiger partial charge in [0.25, 0.3) is 0 Å². The highest BCUT2D eigenvalue weighted by Crippen LogP contribution is 2.37. The van der Waals surface area contributed by atoms with E-state index in [2.05, 4.69) is 4.90 Å². The fraction of sp³-hybridized carbons (Fsp3) is 0.310. The minimum Gasteiger partial charge on any atom is -0.494 e. The van der Waals surface area contributed by atoms with Crippen molar-refractivity contribution in [1.82, 2.24) is 4.90 Å². The zero-order chi connectivity index (χ0) is 28.0. The van der Waals surface area contributed by atoms with Crippen LogP contribution in [0.15, 0.2) is 60.7 Å². The minimum atomic E-state index is -1.49. The van der Waals surface area contributed by atoms with E-state index in [1.54, 1.807) is 17.0 Å². The van der Waals surface area contributed by atoms with Gasteiger partial charge in [0, 0.05) is 43.7 Å². The third kappa shape index (κ3) is 6.13. The van der Waals surface area contributed by atoms with Crippen molar-refractivity contribution in [1.29, 1.82) is 0 Å². The molecular formula is C29H27F3N2O5. The molecule has 2 aliphatic heterocycles. The molecule has 0 bridgehead atoms. The molecule has 2 heterocycles. The lowest BCUT2D eigenvalue weighted by Crippen LogP contribution is -2.46. The summed E-state index contributed by atoms with van der Waals surface area (Å²) in [5.41, 5.74) is 1.50. The zero-order valence-electron chi connectivity index (χ0n) is 21.3. The van der Waals surface area contributed by atoms with E-state index >= 15 is 0 Å². The van der Waals surface area contributed by atoms with Crippen LogP contribution in [-0.2, 0) is 20.9 Å². The van der Waals surface area contributed by atoms with Crippen LogP contribution in [0.1, 0.15) is 25.3 Å². The number of hydrogen-bond donors (Lipinski definition) is 0. The third-order valence-electron chi connectivity index (χ3n) is 6.91. The van der Waals surface area contributed by atoms with Gasteiger partial charge >= 0.3 is 12.2 Å². The number of carbonyl (C=O) groups is 1. The van der Waals surface area contributed by atoms with Crippen molar-refractivity contribution in [2.75, 3.05) is 31.1 Å². The average molecular weight is 541 g/mol. The summed E-state index contributed by atoms with van der Waals surface area (Å²) in [4.78, 5) is 32.7. The van der Waals surface area contributed by atoms with Gasteiger partial charge < -0.3 is 9.47 Å². The standard InChI is InChI=1S/C28H27F3N2O3.CO2/c1-2-35-21-8-9-22(23-10-11-24(29)26(31)25(23)30)19(16-21)17-32-14-12-28(13-15-32)18-33(27(34)36-28)20-6-4-3-5-7-20;2-1-3/h3-11,16H,2,12-15,17-18H2,1H3;. The highest BCUT2D eigenvalue weighted by Gasteiger charge is 2.47. The number of piperidine rings is 1. The normalized spacial score (nSPS) is 16.3. The Bertz CT molecular complexity index is 1350. The Balaban J connectivity index is 0.00000112. The maximum atomic E-state index is 14.7. The van der Waals surface area contributed by atoms with Crippen molar-refractivity contribution < 1.29 is 37.0 Å². The first-order valence-corrected chi connectivity index (χ1v) is 12.5. The molecule has 1 spiro atoms. The maximum absolute atomic E-state index is 14.7. The van der Waals surface area contributed by atoms with Crippen molar-refractivity contribution >= 4 is 17.9 Å². The molecule has 7 nitrogen and oxygen atoms in total. The average Bonchev–Trinajstić information content (AvgIpc) is 3.26. The summed E-state index contributed by atoms with van der Waals surface area (Å²) in [7, 11) is 0. The number of likely N-dealkylation sites (tertiary alicyclic amines) is 1. The second-order valence-corrected chi connectivity index (χ2v) is 9.31. The Morgan fingerprint density at radius 2 is 1.62 bits per heavy atom. The zero-order valence-corrected chi connectivity index (χ0v) is 21.3. The van der Waals surface area contributed by atoms with Crippen molar-refractivity contribution in [2.45, 2.75) is 31.9 Å². The molecule has 1 amide bonds. The quantitative estimate of drug-likeness (QED) is 0.380. The molecule has 0 N–H and O–H groups in total. The van der Waals surface area contributed by atoms with E-state index in [-0.39, 0.29) is 17.8 Å². The number of anilines is 1. The number of amides is 1. The second kappa shape index (κ2) is 12.1. The summed E-state index contributed by atoms with van der Waals surface area (Å²) in [5, 5.41) is 0. The summed E-state index contributed by atoms with van der Waals surface area (Å²) < 4.78 is 53.7. The maximum Gasteiger partial charge on any atom is 0.415 e. The van der Waals surface area contributed by atoms with Crippen LogP contribution >= 0.6 is 0 Å². The van der Waals surface area contributed by atoms with E-state index in [0.717, 1.165) is 17.3 Å². The van der Waals surface area contributed by atoms with Gasteiger partial charge in [-0.3, -0.25) is 9.80 Å². The summed E-state index contributed by atoms with van der Waals surface area (Å²) in [6, 6.07) is 16.8. The molecule has 0 unspecified atom stereocenters. The monoisotopic (exact) mass is 540 g/mol. The van der Waals surface area contributed by atoms with Gasteiger partial charge in [-0.25, -0.2) is 18.0 Å². The first-order chi connectivity index (χ1) is 18.8. The summed E-state index contributed by atoms with van der Waals surface area (Å²) >= 11 is 0. The number of halogens is 3. The van der Waals surface area contributed by atoms with Crippen LogP contribution in [0.5, 0.6) is 5.75 Å². The lowest BCUT2D eigenvalue weighted by molar-refractivity contribution is -0.191. The molecule has 0 saturated carbocycles. The van der Waals surface area contributed by atoms with Gasteiger partial charge in [0.05, 0.1) is 13.2 Å². The molecule has 0 aliphatic carbocycles. The fourth-order valence-electron chi connectivity index (χ4n) is 5.00. The van der Waals surface area contributed by atoms with Crippen LogP contribution in [0, 0.1) is 17.5 Å². The van der Waals surface area contributed by atoms with Crippen molar-refractivity contribution in [3.63, 3.8) is 0 Å². The van der Waals surface area contributed by atoms with Crippen molar-refractivity contribution in [2.24, 2.45) is 0 Å². The van der Waals surface area contributed by atoms with E-state index in [9.17, 15) is 18.0 Å². The van der Waals surface area contributed by atoms with Gasteiger partial charge in [-0.2, -0.15) is 9.59 Å². The van der Waals surface area contributed by atoms with Crippen LogP contribution in [0.25, 0.3) is 11.1 Å². The lowest BCUT2D eigenvalue weighted by atomic mass is 9.90. The van der Waals surface area contributed by atoms with E-state index in [1.807, 2.05) is 43.3 Å². The fourth-order valence-corrected chi connectivity index (χ4v) is 5.00. The smallest absolute Gasteiger partial charge is 0.415 e. The van der Waals surface area contributed by atoms with E-state index < -0.39 is 23.1 Å². The first-order valence-electron chi connectivity index (χ1n) is 12.5. The molecule has 0 aromatic heterocycles. The molecule has 5 rings (SSSR count). The molecule has 10 heteroatoms. The predicted octanol–water partition coefficient (Wildman–Crippen LogP) is 5.58. The third-order valence-corrected chi connectivity index (χ3v) is 6.91. The number of ether oxygens (including phenoxy) is 2. The molecule has 2 fully saturated rings. The van der Waals surface area contributed by atoms with Crippen LogP contribution < -0.4 is 9.64 Å². The van der Waals surface area contributed by atoms with Crippen LogP contribution in [0.2, 0.25) is 0 Å². The minimum absolute atomic E-state index is 0.00338. The Hall–Kier alpha value is -4.14. The van der Waals surface area contributed by atoms with Gasteiger partial charge in [0.2, 0.25) is 0 Å². The highest BCUT2D eigenvalue weighted by atomic mass is 19.2. The molecule has 3 aromatic carbocycles. The van der Waals surface area contributed by atoms with Crippen LogP contribution in [0.4, 0.5) is 23.7 Å². The first kappa shape index (κ1) is 27.9. The Kier molecular flexibility index (Phi) is 8.69. The molecule has 2 aliphatic rings. The number of rotatable bonds is 6. The largest absolute Gasteiger partial charge is 0.494 e. The number of hydrogen-bond acceptors (Lipinski definition) is 6. The molecule has 2 saturated heterocycles. The Labute approximate surface area is 223 Å². The molecule has 0 atom stereocenters. The summed E-state index contributed by atoms with van der Waals surface area (Å²) in [6.45, 7) is 4.61. The van der Waals surface area contributed by atoms with Crippen LogP contribution in [-0.4, -0.2) is 49.0 Å². The summed E-state index contributed by atoms with van der Waals surface area (Å²) in [5.74, 6) is -3.30. The molecule has 204 valence electrons. The Morgan fingerprint density at radius 1 is 0.949 bits per heavy atom. The predicted molar refractivity (Wildman–Crippen MR) is 135 cm³/mol. The Morgan fingerprint density at radius 3 is 2.28 bits per heavy atom. The second-order valence-electron chi connectivity index (χ2n) is 9.31. The number of benzene rings is 3.